The van der Waals surface area contributed by atoms with Crippen LogP contribution >= 0.6 is 0 Å². The maximum absolute atomic E-state index is 4.35. The number of hydrogen-bond acceptors (Lipinski definition) is 3. The van der Waals surface area contributed by atoms with Gasteiger partial charge in [0.05, 0.1) is 12.2 Å². The Labute approximate surface area is 140 Å². The summed E-state index contributed by atoms with van der Waals surface area (Å²) in [6.45, 7) is 7.73. The molecule has 0 saturated carbocycles. The van der Waals surface area contributed by atoms with Crippen molar-refractivity contribution < 1.29 is 0 Å². The van der Waals surface area contributed by atoms with Gasteiger partial charge >= 0.3 is 0 Å². The smallest absolute Gasteiger partial charge is 0.113 e. The molecule has 0 aliphatic heterocycles. The van der Waals surface area contributed by atoms with Gasteiger partial charge in [-0.2, -0.15) is 0 Å². The van der Waals surface area contributed by atoms with E-state index in [1.807, 2.05) is 12.1 Å². The molecule has 1 aromatic heterocycles. The second-order valence-electron chi connectivity index (χ2n) is 6.46. The first-order chi connectivity index (χ1) is 11.3. The lowest BCUT2D eigenvalue weighted by Gasteiger charge is -2.22. The molecule has 0 atom stereocenters. The van der Waals surface area contributed by atoms with Crippen LogP contribution in [0.5, 0.6) is 0 Å². The van der Waals surface area contributed by atoms with E-state index in [-0.39, 0.29) is 0 Å². The zero-order valence-corrected chi connectivity index (χ0v) is 14.9. The van der Waals surface area contributed by atoms with Crippen LogP contribution in [0.1, 0.15) is 65.2 Å². The van der Waals surface area contributed by atoms with Crippen molar-refractivity contribution in [3.05, 3.63) is 24.3 Å². The summed E-state index contributed by atoms with van der Waals surface area (Å²) in [7, 11) is 0. The maximum Gasteiger partial charge on any atom is 0.113 e. The van der Waals surface area contributed by atoms with Gasteiger partial charge in [-0.05, 0) is 38.1 Å². The standard InChI is InChI=1S/C19H32N4/c1-3-5-7-11-15-22(16-12-8-6-4-2)17-23-19-14-10-9-13-18(19)20-21-23/h9-10,13-14H,3-8,11-12,15-17H2,1-2H3. The van der Waals surface area contributed by atoms with E-state index in [1.165, 1.54) is 64.5 Å². The Kier molecular flexibility index (Phi) is 8.08. The average Bonchev–Trinajstić information content (AvgIpc) is 2.98. The number of para-hydroxylation sites is 1. The molecule has 0 saturated heterocycles. The molecule has 2 rings (SSSR count). The van der Waals surface area contributed by atoms with E-state index in [0.29, 0.717) is 0 Å². The normalized spacial score (nSPS) is 11.6. The van der Waals surface area contributed by atoms with Crippen LogP contribution in [0.2, 0.25) is 0 Å². The van der Waals surface area contributed by atoms with Gasteiger partial charge in [0.1, 0.15) is 5.52 Å². The summed E-state index contributed by atoms with van der Waals surface area (Å²) < 4.78 is 2.05. The zero-order chi connectivity index (χ0) is 16.3. The first-order valence-corrected chi connectivity index (χ1v) is 9.35. The molecule has 1 heterocycles. The highest BCUT2D eigenvalue weighted by atomic mass is 15.5. The summed E-state index contributed by atoms with van der Waals surface area (Å²) >= 11 is 0. The minimum Gasteiger partial charge on any atom is -0.284 e. The van der Waals surface area contributed by atoms with Crippen LogP contribution in [-0.4, -0.2) is 33.0 Å². The number of aromatic nitrogens is 3. The minimum absolute atomic E-state index is 0.860. The quantitative estimate of drug-likeness (QED) is 0.525. The topological polar surface area (TPSA) is 34.0 Å². The van der Waals surface area contributed by atoms with E-state index < -0.39 is 0 Å². The van der Waals surface area contributed by atoms with Crippen molar-refractivity contribution in [3.63, 3.8) is 0 Å². The maximum atomic E-state index is 4.35. The summed E-state index contributed by atoms with van der Waals surface area (Å²) in [6.07, 6.45) is 10.5. The molecule has 0 bridgehead atoms. The Morgan fingerprint density at radius 3 is 2.17 bits per heavy atom. The van der Waals surface area contributed by atoms with Crippen LogP contribution in [0.15, 0.2) is 24.3 Å². The second-order valence-corrected chi connectivity index (χ2v) is 6.46. The van der Waals surface area contributed by atoms with Crippen molar-refractivity contribution in [3.8, 4) is 0 Å². The van der Waals surface area contributed by atoms with Crippen LogP contribution in [-0.2, 0) is 6.67 Å². The van der Waals surface area contributed by atoms with E-state index in [0.717, 1.165) is 17.7 Å². The lowest BCUT2D eigenvalue weighted by Crippen LogP contribution is -2.29. The molecule has 4 heteroatoms. The Morgan fingerprint density at radius 2 is 1.52 bits per heavy atom. The van der Waals surface area contributed by atoms with Crippen LogP contribution < -0.4 is 0 Å². The predicted molar refractivity (Wildman–Crippen MR) is 97.4 cm³/mol. The van der Waals surface area contributed by atoms with Gasteiger partial charge in [0.25, 0.3) is 0 Å². The lowest BCUT2D eigenvalue weighted by atomic mass is 10.2. The number of nitrogens with zero attached hydrogens (tertiary/aromatic N) is 4. The summed E-state index contributed by atoms with van der Waals surface area (Å²) in [5, 5.41) is 8.63. The van der Waals surface area contributed by atoms with Crippen LogP contribution in [0.4, 0.5) is 0 Å². The second kappa shape index (κ2) is 10.4. The average molecular weight is 316 g/mol. The van der Waals surface area contributed by atoms with Crippen molar-refractivity contribution >= 4 is 11.0 Å². The molecular formula is C19H32N4. The SMILES string of the molecule is CCCCCCN(CCCCCC)Cn1nnc2ccccc21. The van der Waals surface area contributed by atoms with Gasteiger partial charge < -0.3 is 0 Å². The lowest BCUT2D eigenvalue weighted by molar-refractivity contribution is 0.200. The van der Waals surface area contributed by atoms with Crippen molar-refractivity contribution in [2.45, 2.75) is 71.9 Å². The summed E-state index contributed by atoms with van der Waals surface area (Å²) in [6, 6.07) is 8.23. The summed E-state index contributed by atoms with van der Waals surface area (Å²) in [4.78, 5) is 2.55. The van der Waals surface area contributed by atoms with Crippen LogP contribution in [0, 0.1) is 0 Å². The van der Waals surface area contributed by atoms with E-state index in [9.17, 15) is 0 Å². The molecule has 2 aromatic rings. The third kappa shape index (κ3) is 5.94. The Bertz CT molecular complexity index is 537. The molecule has 4 nitrogen and oxygen atoms in total. The first-order valence-electron chi connectivity index (χ1n) is 9.35. The zero-order valence-electron chi connectivity index (χ0n) is 14.9. The number of unbranched alkanes of at least 4 members (excludes halogenated alkanes) is 6. The predicted octanol–water partition coefficient (Wildman–Crippen LogP) is 4.85. The number of fused-ring (bicyclic) bond motifs is 1. The van der Waals surface area contributed by atoms with Gasteiger partial charge in [-0.15, -0.1) is 5.10 Å². The summed E-state index contributed by atoms with van der Waals surface area (Å²) in [5.74, 6) is 0. The molecule has 0 amide bonds. The fourth-order valence-electron chi connectivity index (χ4n) is 2.99. The Hall–Kier alpha value is -1.42. The Balaban J connectivity index is 1.91. The molecule has 23 heavy (non-hydrogen) atoms. The molecule has 0 aliphatic rings. The van der Waals surface area contributed by atoms with Crippen molar-refractivity contribution in [1.29, 1.82) is 0 Å². The third-order valence-corrected chi connectivity index (χ3v) is 4.41. The van der Waals surface area contributed by atoms with Gasteiger partial charge in [-0.1, -0.05) is 69.7 Å². The highest BCUT2D eigenvalue weighted by Gasteiger charge is 2.09. The van der Waals surface area contributed by atoms with Gasteiger partial charge in [-0.25, -0.2) is 4.68 Å². The van der Waals surface area contributed by atoms with Gasteiger partial charge in [0.2, 0.25) is 0 Å². The van der Waals surface area contributed by atoms with E-state index in [2.05, 4.69) is 45.9 Å². The monoisotopic (exact) mass is 316 g/mol. The fourth-order valence-corrected chi connectivity index (χ4v) is 2.99. The van der Waals surface area contributed by atoms with Gasteiger partial charge in [0.15, 0.2) is 0 Å². The number of hydrogen-bond donors (Lipinski definition) is 0. The highest BCUT2D eigenvalue weighted by molar-refractivity contribution is 5.73. The van der Waals surface area contributed by atoms with E-state index in [4.69, 9.17) is 0 Å². The van der Waals surface area contributed by atoms with Crippen LogP contribution in [0.3, 0.4) is 0 Å². The van der Waals surface area contributed by atoms with E-state index in [1.54, 1.807) is 0 Å². The molecule has 1 aromatic carbocycles. The number of rotatable bonds is 12. The van der Waals surface area contributed by atoms with Crippen LogP contribution in [0.25, 0.3) is 11.0 Å². The molecule has 0 fully saturated rings. The highest BCUT2D eigenvalue weighted by Crippen LogP contribution is 2.12. The molecule has 0 spiro atoms. The molecule has 0 aliphatic carbocycles. The molecule has 0 radical (unpaired) electrons. The van der Waals surface area contributed by atoms with Gasteiger partial charge in [0, 0.05) is 0 Å². The molecular weight excluding hydrogens is 284 g/mol. The Morgan fingerprint density at radius 1 is 0.870 bits per heavy atom. The fraction of sp³-hybridized carbons (Fsp3) is 0.684. The summed E-state index contributed by atoms with van der Waals surface area (Å²) in [5.41, 5.74) is 2.13. The first kappa shape index (κ1) is 17.9. The molecule has 128 valence electrons. The number of benzene rings is 1. The van der Waals surface area contributed by atoms with Gasteiger partial charge in [-0.3, -0.25) is 4.90 Å². The molecule has 0 N–H and O–H groups in total. The van der Waals surface area contributed by atoms with Crippen molar-refractivity contribution in [1.82, 2.24) is 19.9 Å². The van der Waals surface area contributed by atoms with E-state index >= 15 is 0 Å². The van der Waals surface area contributed by atoms with Crippen molar-refractivity contribution in [2.75, 3.05) is 13.1 Å². The largest absolute Gasteiger partial charge is 0.284 e. The minimum atomic E-state index is 0.860. The molecule has 0 unspecified atom stereocenters. The third-order valence-electron chi connectivity index (χ3n) is 4.41. The van der Waals surface area contributed by atoms with Crippen molar-refractivity contribution in [2.24, 2.45) is 0 Å².